The van der Waals surface area contributed by atoms with E-state index in [2.05, 4.69) is 9.98 Å². The first-order chi connectivity index (χ1) is 11.6. The highest BCUT2D eigenvalue weighted by Gasteiger charge is 2.35. The average Bonchev–Trinajstić information content (AvgIpc) is 2.61. The standard InChI is InChI=1S/C18H18N4O2/c1-21-13-9-5-3-7-11(13)19-15(17(21)23)16-18(24)22(2)14-10-6-4-8-12(14)20-16/h3-10,17-18,23-24H,1-2H3/t17-,18+. The molecular weight excluding hydrogens is 304 g/mol. The summed E-state index contributed by atoms with van der Waals surface area (Å²) in [5.74, 6) is 0. The molecule has 6 heteroatoms. The number of aliphatic hydroxyl groups is 2. The molecule has 2 N–H and O–H groups in total. The molecule has 6 nitrogen and oxygen atoms in total. The third-order valence-corrected chi connectivity index (χ3v) is 4.49. The fraction of sp³-hybridized carbons (Fsp3) is 0.222. The van der Waals surface area contributed by atoms with E-state index in [1.807, 2.05) is 48.5 Å². The van der Waals surface area contributed by atoms with Gasteiger partial charge in [-0.15, -0.1) is 0 Å². The van der Waals surface area contributed by atoms with Crippen LogP contribution in [0.1, 0.15) is 0 Å². The van der Waals surface area contributed by atoms with E-state index >= 15 is 0 Å². The minimum absolute atomic E-state index is 0.366. The Hall–Kier alpha value is -2.70. The van der Waals surface area contributed by atoms with E-state index in [4.69, 9.17) is 0 Å². The van der Waals surface area contributed by atoms with Crippen molar-refractivity contribution in [2.75, 3.05) is 23.9 Å². The maximum atomic E-state index is 10.7. The van der Waals surface area contributed by atoms with Gasteiger partial charge in [0.2, 0.25) is 0 Å². The molecule has 2 atom stereocenters. The summed E-state index contributed by atoms with van der Waals surface area (Å²) in [6.45, 7) is 0. The molecular formula is C18H18N4O2. The van der Waals surface area contributed by atoms with Crippen LogP contribution in [0.2, 0.25) is 0 Å². The lowest BCUT2D eigenvalue weighted by Gasteiger charge is -2.37. The second-order valence-electron chi connectivity index (χ2n) is 5.94. The number of aliphatic hydroxyl groups excluding tert-OH is 2. The molecule has 122 valence electrons. The monoisotopic (exact) mass is 322 g/mol. The van der Waals surface area contributed by atoms with Crippen molar-refractivity contribution in [2.24, 2.45) is 9.98 Å². The molecule has 0 spiro atoms. The van der Waals surface area contributed by atoms with Gasteiger partial charge < -0.3 is 20.0 Å². The van der Waals surface area contributed by atoms with Gasteiger partial charge in [0.15, 0.2) is 12.5 Å². The van der Waals surface area contributed by atoms with Gasteiger partial charge in [-0.25, -0.2) is 9.98 Å². The Morgan fingerprint density at radius 2 is 1.08 bits per heavy atom. The van der Waals surface area contributed by atoms with Crippen LogP contribution in [0, 0.1) is 0 Å². The summed E-state index contributed by atoms with van der Waals surface area (Å²) in [5, 5.41) is 21.3. The molecule has 0 fully saturated rings. The Morgan fingerprint density at radius 1 is 0.708 bits per heavy atom. The van der Waals surface area contributed by atoms with Gasteiger partial charge in [-0.05, 0) is 24.3 Å². The molecule has 2 aromatic carbocycles. The number of hydrogen-bond acceptors (Lipinski definition) is 6. The van der Waals surface area contributed by atoms with Crippen LogP contribution in [0.3, 0.4) is 0 Å². The zero-order valence-electron chi connectivity index (χ0n) is 13.5. The molecule has 4 rings (SSSR count). The van der Waals surface area contributed by atoms with Gasteiger partial charge in [0.25, 0.3) is 0 Å². The first-order valence-corrected chi connectivity index (χ1v) is 7.75. The predicted octanol–water partition coefficient (Wildman–Crippen LogP) is 2.07. The van der Waals surface area contributed by atoms with Crippen molar-refractivity contribution >= 4 is 34.2 Å². The summed E-state index contributed by atoms with van der Waals surface area (Å²) in [5.41, 5.74) is 3.91. The lowest BCUT2D eigenvalue weighted by Crippen LogP contribution is -2.52. The molecule has 0 bridgehead atoms. The van der Waals surface area contributed by atoms with Gasteiger partial charge >= 0.3 is 0 Å². The summed E-state index contributed by atoms with van der Waals surface area (Å²) < 4.78 is 0. The number of para-hydroxylation sites is 4. The van der Waals surface area contributed by atoms with Crippen molar-refractivity contribution in [1.82, 2.24) is 0 Å². The molecule has 0 aromatic heterocycles. The van der Waals surface area contributed by atoms with E-state index in [1.54, 1.807) is 23.9 Å². The fourth-order valence-electron chi connectivity index (χ4n) is 3.10. The number of hydrogen-bond donors (Lipinski definition) is 2. The van der Waals surface area contributed by atoms with Crippen molar-refractivity contribution in [3.8, 4) is 0 Å². The second-order valence-corrected chi connectivity index (χ2v) is 5.94. The number of benzene rings is 2. The van der Waals surface area contributed by atoms with Crippen LogP contribution in [0.4, 0.5) is 22.7 Å². The van der Waals surface area contributed by atoms with E-state index in [9.17, 15) is 10.2 Å². The summed E-state index contributed by atoms with van der Waals surface area (Å²) in [4.78, 5) is 12.6. The van der Waals surface area contributed by atoms with Crippen LogP contribution >= 0.6 is 0 Å². The normalized spacial score (nSPS) is 22.5. The lowest BCUT2D eigenvalue weighted by molar-refractivity contribution is 0.230. The van der Waals surface area contributed by atoms with Crippen LogP contribution in [-0.2, 0) is 0 Å². The number of nitrogens with zero attached hydrogens (tertiary/aromatic N) is 4. The maximum absolute atomic E-state index is 10.7. The molecule has 0 radical (unpaired) electrons. The minimum Gasteiger partial charge on any atom is -0.368 e. The minimum atomic E-state index is -0.966. The molecule has 2 aliphatic rings. The zero-order chi connectivity index (χ0) is 16.8. The summed E-state index contributed by atoms with van der Waals surface area (Å²) in [7, 11) is 3.59. The first kappa shape index (κ1) is 14.9. The molecule has 24 heavy (non-hydrogen) atoms. The highest BCUT2D eigenvalue weighted by molar-refractivity contribution is 6.48. The Kier molecular flexibility index (Phi) is 3.37. The molecule has 0 aliphatic carbocycles. The maximum Gasteiger partial charge on any atom is 0.172 e. The van der Waals surface area contributed by atoms with Crippen LogP contribution in [0.15, 0.2) is 58.5 Å². The highest BCUT2D eigenvalue weighted by atomic mass is 16.3. The smallest absolute Gasteiger partial charge is 0.172 e. The van der Waals surface area contributed by atoms with Gasteiger partial charge in [0.1, 0.15) is 11.4 Å². The number of aliphatic imine (C=N–C) groups is 2. The molecule has 0 unspecified atom stereocenters. The van der Waals surface area contributed by atoms with Crippen LogP contribution < -0.4 is 9.80 Å². The molecule has 2 heterocycles. The molecule has 0 amide bonds. The molecule has 0 saturated carbocycles. The number of anilines is 2. The molecule has 0 saturated heterocycles. The zero-order valence-corrected chi connectivity index (χ0v) is 13.5. The average molecular weight is 322 g/mol. The van der Waals surface area contributed by atoms with E-state index < -0.39 is 12.5 Å². The highest BCUT2D eigenvalue weighted by Crippen LogP contribution is 2.37. The quantitative estimate of drug-likeness (QED) is 0.843. The van der Waals surface area contributed by atoms with Gasteiger partial charge in [-0.2, -0.15) is 0 Å². The SMILES string of the molecule is CN1c2ccccc2N=C(C2=Nc3ccccc3N(C)[C@H]2O)[C@H]1O. The Balaban J connectivity index is 1.87. The van der Waals surface area contributed by atoms with Crippen LogP contribution in [0.5, 0.6) is 0 Å². The molecule has 2 aromatic rings. The second kappa shape index (κ2) is 5.43. The summed E-state index contributed by atoms with van der Waals surface area (Å²) in [6.07, 6.45) is -1.93. The van der Waals surface area contributed by atoms with Crippen molar-refractivity contribution in [3.63, 3.8) is 0 Å². The third kappa shape index (κ3) is 2.11. The predicted molar refractivity (Wildman–Crippen MR) is 95.9 cm³/mol. The van der Waals surface area contributed by atoms with E-state index in [0.29, 0.717) is 11.4 Å². The van der Waals surface area contributed by atoms with Crippen molar-refractivity contribution < 1.29 is 10.2 Å². The van der Waals surface area contributed by atoms with Crippen LogP contribution in [0.25, 0.3) is 0 Å². The van der Waals surface area contributed by atoms with E-state index in [-0.39, 0.29) is 0 Å². The lowest BCUT2D eigenvalue weighted by atomic mass is 10.0. The van der Waals surface area contributed by atoms with Crippen molar-refractivity contribution in [1.29, 1.82) is 0 Å². The summed E-state index contributed by atoms with van der Waals surface area (Å²) >= 11 is 0. The Bertz CT molecular complexity index is 790. The van der Waals surface area contributed by atoms with Gasteiger partial charge in [-0.3, -0.25) is 0 Å². The summed E-state index contributed by atoms with van der Waals surface area (Å²) in [6, 6.07) is 15.2. The van der Waals surface area contributed by atoms with E-state index in [1.165, 1.54) is 0 Å². The van der Waals surface area contributed by atoms with Gasteiger partial charge in [-0.1, -0.05) is 24.3 Å². The van der Waals surface area contributed by atoms with E-state index in [0.717, 1.165) is 22.7 Å². The number of rotatable bonds is 1. The van der Waals surface area contributed by atoms with Crippen molar-refractivity contribution in [3.05, 3.63) is 48.5 Å². The fourth-order valence-corrected chi connectivity index (χ4v) is 3.10. The Labute approximate surface area is 140 Å². The largest absolute Gasteiger partial charge is 0.368 e. The third-order valence-electron chi connectivity index (χ3n) is 4.49. The number of fused-ring (bicyclic) bond motifs is 2. The van der Waals surface area contributed by atoms with Gasteiger partial charge in [0.05, 0.1) is 22.7 Å². The van der Waals surface area contributed by atoms with Gasteiger partial charge in [0, 0.05) is 14.1 Å². The Morgan fingerprint density at radius 3 is 1.50 bits per heavy atom. The molecule has 2 aliphatic heterocycles. The topological polar surface area (TPSA) is 71.7 Å². The van der Waals surface area contributed by atoms with Crippen LogP contribution in [-0.4, -0.2) is 48.2 Å². The van der Waals surface area contributed by atoms with Crippen molar-refractivity contribution in [2.45, 2.75) is 12.5 Å². The first-order valence-electron chi connectivity index (χ1n) is 7.75.